The summed E-state index contributed by atoms with van der Waals surface area (Å²) in [7, 11) is 0. The number of halogens is 2. The monoisotopic (exact) mass is 255 g/mol. The lowest BCUT2D eigenvalue weighted by molar-refractivity contribution is 0.368. The number of hydrogen-bond acceptors (Lipinski definition) is 1. The maximum absolute atomic E-state index is 13.1. The lowest BCUT2D eigenvalue weighted by atomic mass is 9.88. The zero-order chi connectivity index (χ0) is 13.5. The Morgan fingerprint density at radius 2 is 1.89 bits per heavy atom. The Kier molecular flexibility index (Phi) is 6.27. The highest BCUT2D eigenvalue weighted by Crippen LogP contribution is 2.19. The van der Waals surface area contributed by atoms with E-state index in [0.29, 0.717) is 12.3 Å². The van der Waals surface area contributed by atoms with Crippen molar-refractivity contribution in [1.82, 2.24) is 0 Å². The molecule has 18 heavy (non-hydrogen) atoms. The molecule has 0 fully saturated rings. The molecule has 0 aliphatic carbocycles. The first-order valence-electron chi connectivity index (χ1n) is 6.78. The molecule has 1 nitrogen and oxygen atoms in total. The van der Waals surface area contributed by atoms with E-state index in [1.165, 1.54) is 18.6 Å². The first kappa shape index (κ1) is 15.1. The van der Waals surface area contributed by atoms with Gasteiger partial charge in [0.05, 0.1) is 0 Å². The second kappa shape index (κ2) is 7.47. The van der Waals surface area contributed by atoms with E-state index < -0.39 is 11.6 Å². The lowest BCUT2D eigenvalue weighted by Crippen LogP contribution is -2.32. The third kappa shape index (κ3) is 4.37. The van der Waals surface area contributed by atoms with E-state index in [-0.39, 0.29) is 6.04 Å². The van der Waals surface area contributed by atoms with Crippen molar-refractivity contribution in [1.29, 1.82) is 0 Å². The minimum Gasteiger partial charge on any atom is -0.327 e. The molecule has 0 heterocycles. The number of benzene rings is 1. The number of rotatable bonds is 7. The average molecular weight is 255 g/mol. The Balaban J connectivity index is 2.61. The molecule has 0 amide bonds. The van der Waals surface area contributed by atoms with Crippen LogP contribution in [0.3, 0.4) is 0 Å². The maximum Gasteiger partial charge on any atom is 0.159 e. The van der Waals surface area contributed by atoms with Crippen LogP contribution in [0.5, 0.6) is 0 Å². The number of hydrogen-bond donors (Lipinski definition) is 1. The van der Waals surface area contributed by atoms with Crippen LogP contribution in [0.15, 0.2) is 18.2 Å². The summed E-state index contributed by atoms with van der Waals surface area (Å²) in [4.78, 5) is 0. The van der Waals surface area contributed by atoms with Crippen molar-refractivity contribution in [2.75, 3.05) is 0 Å². The van der Waals surface area contributed by atoms with Crippen LogP contribution >= 0.6 is 0 Å². The Morgan fingerprint density at radius 3 is 2.44 bits per heavy atom. The van der Waals surface area contributed by atoms with E-state index in [0.717, 1.165) is 24.8 Å². The molecular formula is C15H23F2N. The molecule has 1 aromatic carbocycles. The summed E-state index contributed by atoms with van der Waals surface area (Å²) in [6.45, 7) is 4.29. The van der Waals surface area contributed by atoms with Gasteiger partial charge in [0.15, 0.2) is 11.6 Å². The molecule has 0 radical (unpaired) electrons. The van der Waals surface area contributed by atoms with Crippen molar-refractivity contribution in [2.45, 2.75) is 52.0 Å². The fourth-order valence-electron chi connectivity index (χ4n) is 2.29. The Hall–Kier alpha value is -0.960. The standard InChI is InChI=1S/C15H23F2N/c1-3-5-6-12(4-2)15(18)10-11-7-8-13(16)14(17)9-11/h7-9,12,15H,3-6,10,18H2,1-2H3. The van der Waals surface area contributed by atoms with E-state index in [9.17, 15) is 8.78 Å². The molecular weight excluding hydrogens is 232 g/mol. The smallest absolute Gasteiger partial charge is 0.159 e. The minimum atomic E-state index is -0.801. The highest BCUT2D eigenvalue weighted by molar-refractivity contribution is 5.18. The van der Waals surface area contributed by atoms with Crippen LogP contribution in [0.2, 0.25) is 0 Å². The molecule has 2 N–H and O–H groups in total. The first-order valence-corrected chi connectivity index (χ1v) is 6.78. The van der Waals surface area contributed by atoms with Gasteiger partial charge in [-0.05, 0) is 36.5 Å². The van der Waals surface area contributed by atoms with Crippen molar-refractivity contribution >= 4 is 0 Å². The van der Waals surface area contributed by atoms with E-state index >= 15 is 0 Å². The fourth-order valence-corrected chi connectivity index (χ4v) is 2.29. The normalized spacial score (nSPS) is 14.5. The third-order valence-corrected chi connectivity index (χ3v) is 3.51. The van der Waals surface area contributed by atoms with Crippen LogP contribution in [-0.2, 0) is 6.42 Å². The van der Waals surface area contributed by atoms with Crippen molar-refractivity contribution in [3.05, 3.63) is 35.4 Å². The Morgan fingerprint density at radius 1 is 1.17 bits per heavy atom. The second-order valence-corrected chi connectivity index (χ2v) is 4.93. The van der Waals surface area contributed by atoms with Gasteiger partial charge in [-0.3, -0.25) is 0 Å². The van der Waals surface area contributed by atoms with E-state index in [1.807, 2.05) is 0 Å². The molecule has 2 unspecified atom stereocenters. The van der Waals surface area contributed by atoms with Gasteiger partial charge < -0.3 is 5.73 Å². The first-order chi connectivity index (χ1) is 8.58. The van der Waals surface area contributed by atoms with Gasteiger partial charge in [0.1, 0.15) is 0 Å². The quantitative estimate of drug-likeness (QED) is 0.781. The molecule has 0 saturated carbocycles. The molecule has 0 aliphatic rings. The summed E-state index contributed by atoms with van der Waals surface area (Å²) in [5, 5.41) is 0. The number of unbranched alkanes of at least 4 members (excludes halogenated alkanes) is 1. The summed E-state index contributed by atoms with van der Waals surface area (Å²) < 4.78 is 25.9. The summed E-state index contributed by atoms with van der Waals surface area (Å²) in [5.74, 6) is -1.13. The van der Waals surface area contributed by atoms with Gasteiger partial charge in [0, 0.05) is 6.04 Å². The van der Waals surface area contributed by atoms with Gasteiger partial charge in [0.25, 0.3) is 0 Å². The average Bonchev–Trinajstić information content (AvgIpc) is 2.35. The predicted molar refractivity (Wildman–Crippen MR) is 71.3 cm³/mol. The summed E-state index contributed by atoms with van der Waals surface area (Å²) in [6.07, 6.45) is 5.08. The zero-order valence-electron chi connectivity index (χ0n) is 11.3. The molecule has 1 aromatic rings. The van der Waals surface area contributed by atoms with E-state index in [1.54, 1.807) is 6.07 Å². The van der Waals surface area contributed by atoms with E-state index in [2.05, 4.69) is 13.8 Å². The molecule has 0 aromatic heterocycles. The Labute approximate surface area is 108 Å². The zero-order valence-corrected chi connectivity index (χ0v) is 11.3. The van der Waals surface area contributed by atoms with Crippen LogP contribution < -0.4 is 5.73 Å². The second-order valence-electron chi connectivity index (χ2n) is 4.93. The summed E-state index contributed by atoms with van der Waals surface area (Å²) >= 11 is 0. The highest BCUT2D eigenvalue weighted by atomic mass is 19.2. The van der Waals surface area contributed by atoms with Gasteiger partial charge >= 0.3 is 0 Å². The molecule has 0 spiro atoms. The Bertz CT molecular complexity index is 366. The predicted octanol–water partition coefficient (Wildman–Crippen LogP) is 4.05. The van der Waals surface area contributed by atoms with Crippen LogP contribution in [0.1, 0.15) is 45.1 Å². The van der Waals surface area contributed by atoms with Crippen LogP contribution in [0, 0.1) is 17.6 Å². The van der Waals surface area contributed by atoms with Crippen LogP contribution in [0.25, 0.3) is 0 Å². The van der Waals surface area contributed by atoms with Gasteiger partial charge in [-0.25, -0.2) is 8.78 Å². The maximum atomic E-state index is 13.1. The largest absolute Gasteiger partial charge is 0.327 e. The van der Waals surface area contributed by atoms with Crippen LogP contribution in [-0.4, -0.2) is 6.04 Å². The lowest BCUT2D eigenvalue weighted by Gasteiger charge is -2.22. The van der Waals surface area contributed by atoms with Gasteiger partial charge in [-0.15, -0.1) is 0 Å². The molecule has 2 atom stereocenters. The molecule has 3 heteroatoms. The molecule has 102 valence electrons. The third-order valence-electron chi connectivity index (χ3n) is 3.51. The topological polar surface area (TPSA) is 26.0 Å². The summed E-state index contributed by atoms with van der Waals surface area (Å²) in [5.41, 5.74) is 6.95. The van der Waals surface area contributed by atoms with E-state index in [4.69, 9.17) is 5.73 Å². The fraction of sp³-hybridized carbons (Fsp3) is 0.600. The number of nitrogens with two attached hydrogens (primary N) is 1. The van der Waals surface area contributed by atoms with Gasteiger partial charge in [0.2, 0.25) is 0 Å². The van der Waals surface area contributed by atoms with Gasteiger partial charge in [-0.1, -0.05) is 39.2 Å². The minimum absolute atomic E-state index is 0.0198. The van der Waals surface area contributed by atoms with Gasteiger partial charge in [-0.2, -0.15) is 0 Å². The molecule has 1 rings (SSSR count). The molecule has 0 saturated heterocycles. The van der Waals surface area contributed by atoms with Crippen molar-refractivity contribution < 1.29 is 8.78 Å². The SMILES string of the molecule is CCCCC(CC)C(N)Cc1ccc(F)c(F)c1. The van der Waals surface area contributed by atoms with Crippen LogP contribution in [0.4, 0.5) is 8.78 Å². The van der Waals surface area contributed by atoms with Crippen molar-refractivity contribution in [3.8, 4) is 0 Å². The molecule has 0 aliphatic heterocycles. The summed E-state index contributed by atoms with van der Waals surface area (Å²) in [6, 6.07) is 4.06. The molecule has 0 bridgehead atoms. The van der Waals surface area contributed by atoms with Crippen molar-refractivity contribution in [3.63, 3.8) is 0 Å². The van der Waals surface area contributed by atoms with Crippen molar-refractivity contribution in [2.24, 2.45) is 11.7 Å². The highest BCUT2D eigenvalue weighted by Gasteiger charge is 2.16.